The van der Waals surface area contributed by atoms with Gasteiger partial charge in [-0.2, -0.15) is 13.2 Å². The summed E-state index contributed by atoms with van der Waals surface area (Å²) >= 11 is 0. The van der Waals surface area contributed by atoms with Gasteiger partial charge in [0.05, 0.1) is 5.56 Å². The third-order valence-corrected chi connectivity index (χ3v) is 4.60. The molecule has 0 aliphatic carbocycles. The number of urea groups is 1. The summed E-state index contributed by atoms with van der Waals surface area (Å²) in [5.74, 6) is 0.0468. The first-order valence-electron chi connectivity index (χ1n) is 8.22. The molecule has 0 aromatic heterocycles. The number of nitrogens with zero attached hydrogens (tertiary/aromatic N) is 1. The van der Waals surface area contributed by atoms with Crippen LogP contribution in [-0.4, -0.2) is 36.6 Å². The SMILES string of the molecule is C[C@H](CCNC1CCN(C(N)=O)CC1)c1cccc(C(F)(F)F)c1. The first-order chi connectivity index (χ1) is 11.3. The number of piperidine rings is 1. The topological polar surface area (TPSA) is 58.4 Å². The van der Waals surface area contributed by atoms with Crippen molar-refractivity contribution in [2.45, 2.75) is 44.3 Å². The third-order valence-electron chi connectivity index (χ3n) is 4.60. The Bertz CT molecular complexity index is 554. The van der Waals surface area contributed by atoms with Gasteiger partial charge in [-0.25, -0.2) is 4.79 Å². The van der Waals surface area contributed by atoms with Crippen molar-refractivity contribution in [3.8, 4) is 0 Å². The number of hydrogen-bond donors (Lipinski definition) is 2. The Morgan fingerprint density at radius 2 is 2.04 bits per heavy atom. The number of primary amides is 1. The van der Waals surface area contributed by atoms with Gasteiger partial charge in [-0.05, 0) is 43.4 Å². The highest BCUT2D eigenvalue weighted by Crippen LogP contribution is 2.31. The molecule has 4 nitrogen and oxygen atoms in total. The lowest BCUT2D eigenvalue weighted by molar-refractivity contribution is -0.137. The zero-order valence-electron chi connectivity index (χ0n) is 13.8. The lowest BCUT2D eigenvalue weighted by Gasteiger charge is -2.31. The van der Waals surface area contributed by atoms with Gasteiger partial charge >= 0.3 is 12.2 Å². The highest BCUT2D eigenvalue weighted by molar-refractivity contribution is 5.72. The van der Waals surface area contributed by atoms with Crippen LogP contribution in [0.2, 0.25) is 0 Å². The molecule has 0 radical (unpaired) electrons. The summed E-state index contributed by atoms with van der Waals surface area (Å²) in [7, 11) is 0. The van der Waals surface area contributed by atoms with Crippen LogP contribution in [0.25, 0.3) is 0 Å². The first kappa shape index (κ1) is 18.6. The lowest BCUT2D eigenvalue weighted by Crippen LogP contribution is -2.47. The molecule has 2 amide bonds. The van der Waals surface area contributed by atoms with E-state index in [1.807, 2.05) is 6.92 Å². The number of benzene rings is 1. The Kier molecular flexibility index (Phi) is 6.10. The van der Waals surface area contributed by atoms with Gasteiger partial charge in [0.1, 0.15) is 0 Å². The Morgan fingerprint density at radius 1 is 1.38 bits per heavy atom. The standard InChI is InChI=1S/C17H24F3N3O/c1-12(13-3-2-4-14(11-13)17(18,19)20)5-8-22-15-6-9-23(10-7-15)16(21)24/h2-4,11-12,15,22H,5-10H2,1H3,(H2,21,24)/t12-/m1/s1. The van der Waals surface area contributed by atoms with Crippen molar-refractivity contribution in [1.29, 1.82) is 0 Å². The second-order valence-electron chi connectivity index (χ2n) is 6.37. The molecule has 1 heterocycles. The molecule has 134 valence electrons. The molecule has 1 aliphatic rings. The predicted octanol–water partition coefficient (Wildman–Crippen LogP) is 3.33. The molecule has 3 N–H and O–H groups in total. The summed E-state index contributed by atoms with van der Waals surface area (Å²) in [5, 5.41) is 3.43. The van der Waals surface area contributed by atoms with Gasteiger partial charge in [0, 0.05) is 19.1 Å². The van der Waals surface area contributed by atoms with Gasteiger partial charge in [0.2, 0.25) is 0 Å². The van der Waals surface area contributed by atoms with Crippen LogP contribution in [0.1, 0.15) is 43.2 Å². The van der Waals surface area contributed by atoms with Crippen molar-refractivity contribution in [1.82, 2.24) is 10.2 Å². The first-order valence-corrected chi connectivity index (χ1v) is 8.22. The average molecular weight is 343 g/mol. The molecule has 0 unspecified atom stereocenters. The lowest BCUT2D eigenvalue weighted by atomic mass is 9.95. The number of alkyl halides is 3. The molecule has 1 aromatic rings. The summed E-state index contributed by atoms with van der Waals surface area (Å²) in [6.07, 6.45) is -1.85. The highest BCUT2D eigenvalue weighted by Gasteiger charge is 2.30. The van der Waals surface area contributed by atoms with Gasteiger partial charge in [-0.3, -0.25) is 0 Å². The molecule has 0 bridgehead atoms. The number of amides is 2. The monoisotopic (exact) mass is 343 g/mol. The molecule has 1 aliphatic heterocycles. The summed E-state index contributed by atoms with van der Waals surface area (Å²) in [4.78, 5) is 12.7. The molecule has 24 heavy (non-hydrogen) atoms. The maximum absolute atomic E-state index is 12.8. The largest absolute Gasteiger partial charge is 0.416 e. The minimum absolute atomic E-state index is 0.0468. The second kappa shape index (κ2) is 7.88. The number of rotatable bonds is 5. The van der Waals surface area contributed by atoms with E-state index in [-0.39, 0.29) is 11.9 Å². The fraction of sp³-hybridized carbons (Fsp3) is 0.588. The molecular weight excluding hydrogens is 319 g/mol. The third kappa shape index (κ3) is 5.12. The number of nitrogens with one attached hydrogen (secondary N) is 1. The van der Waals surface area contributed by atoms with Crippen molar-refractivity contribution in [2.75, 3.05) is 19.6 Å². The van der Waals surface area contributed by atoms with Crippen LogP contribution in [0.3, 0.4) is 0 Å². The maximum atomic E-state index is 12.8. The van der Waals surface area contributed by atoms with Crippen LogP contribution in [0.4, 0.5) is 18.0 Å². The van der Waals surface area contributed by atoms with E-state index in [0.717, 1.165) is 31.9 Å². The Hall–Kier alpha value is -1.76. The Labute approximate surface area is 140 Å². The van der Waals surface area contributed by atoms with Gasteiger partial charge in [-0.1, -0.05) is 25.1 Å². The normalized spacial score (nSPS) is 17.8. The van der Waals surface area contributed by atoms with Gasteiger partial charge in [0.25, 0.3) is 0 Å². The zero-order valence-corrected chi connectivity index (χ0v) is 13.8. The smallest absolute Gasteiger partial charge is 0.351 e. The summed E-state index contributed by atoms with van der Waals surface area (Å²) in [5.41, 5.74) is 5.35. The van der Waals surface area contributed by atoms with Gasteiger partial charge < -0.3 is 16.0 Å². The number of likely N-dealkylation sites (tertiary alicyclic amines) is 1. The fourth-order valence-corrected chi connectivity index (χ4v) is 3.00. The van der Waals surface area contributed by atoms with Crippen LogP contribution in [0.15, 0.2) is 24.3 Å². The Balaban J connectivity index is 1.78. The van der Waals surface area contributed by atoms with E-state index < -0.39 is 11.7 Å². The number of nitrogens with two attached hydrogens (primary N) is 1. The minimum atomic E-state index is -4.30. The number of carbonyl (C=O) groups is 1. The summed E-state index contributed by atoms with van der Waals surface area (Å²) in [6, 6.07) is 5.48. The molecule has 2 rings (SSSR count). The molecular formula is C17H24F3N3O. The molecule has 0 spiro atoms. The average Bonchev–Trinajstić information content (AvgIpc) is 2.54. The van der Waals surface area contributed by atoms with E-state index in [9.17, 15) is 18.0 Å². The van der Waals surface area contributed by atoms with Crippen LogP contribution in [0.5, 0.6) is 0 Å². The minimum Gasteiger partial charge on any atom is -0.351 e. The van der Waals surface area contributed by atoms with E-state index in [1.165, 1.54) is 12.1 Å². The molecule has 1 aromatic carbocycles. The van der Waals surface area contributed by atoms with Crippen molar-refractivity contribution >= 4 is 6.03 Å². The Morgan fingerprint density at radius 3 is 2.62 bits per heavy atom. The van der Waals surface area contributed by atoms with Crippen LogP contribution in [-0.2, 0) is 6.18 Å². The molecule has 0 saturated carbocycles. The number of halogens is 3. The zero-order chi connectivity index (χ0) is 17.7. The number of hydrogen-bond acceptors (Lipinski definition) is 2. The quantitative estimate of drug-likeness (QED) is 0.861. The van der Waals surface area contributed by atoms with E-state index >= 15 is 0 Å². The van der Waals surface area contributed by atoms with Crippen LogP contribution >= 0.6 is 0 Å². The number of carbonyl (C=O) groups excluding carboxylic acids is 1. The summed E-state index contributed by atoms with van der Waals surface area (Å²) in [6.45, 7) is 3.97. The molecule has 1 atom stereocenters. The van der Waals surface area contributed by atoms with Gasteiger partial charge in [0.15, 0.2) is 0 Å². The predicted molar refractivity (Wildman–Crippen MR) is 86.7 cm³/mol. The van der Waals surface area contributed by atoms with Crippen molar-refractivity contribution in [3.63, 3.8) is 0 Å². The van der Waals surface area contributed by atoms with Gasteiger partial charge in [-0.15, -0.1) is 0 Å². The molecule has 1 fully saturated rings. The maximum Gasteiger partial charge on any atom is 0.416 e. The second-order valence-corrected chi connectivity index (χ2v) is 6.37. The van der Waals surface area contributed by atoms with E-state index in [0.29, 0.717) is 24.7 Å². The highest BCUT2D eigenvalue weighted by atomic mass is 19.4. The van der Waals surface area contributed by atoms with Crippen molar-refractivity contribution in [2.24, 2.45) is 5.73 Å². The molecule has 7 heteroatoms. The van der Waals surface area contributed by atoms with E-state index in [2.05, 4.69) is 5.32 Å². The van der Waals surface area contributed by atoms with Crippen LogP contribution < -0.4 is 11.1 Å². The molecule has 1 saturated heterocycles. The van der Waals surface area contributed by atoms with E-state index in [4.69, 9.17) is 5.73 Å². The van der Waals surface area contributed by atoms with Crippen molar-refractivity contribution < 1.29 is 18.0 Å². The van der Waals surface area contributed by atoms with Crippen LogP contribution in [0, 0.1) is 0 Å². The van der Waals surface area contributed by atoms with E-state index in [1.54, 1.807) is 11.0 Å². The van der Waals surface area contributed by atoms with Crippen molar-refractivity contribution in [3.05, 3.63) is 35.4 Å². The fourth-order valence-electron chi connectivity index (χ4n) is 3.00. The summed E-state index contributed by atoms with van der Waals surface area (Å²) < 4.78 is 38.3.